The number of nitrogens with zero attached hydrogens (tertiary/aromatic N) is 5. The van der Waals surface area contributed by atoms with E-state index in [1.165, 1.54) is 12.1 Å². The Kier molecular flexibility index (Phi) is 11.9. The Bertz CT molecular complexity index is 728. The van der Waals surface area contributed by atoms with Crippen LogP contribution >= 0.6 is 0 Å². The molecule has 0 fully saturated rings. The molecule has 0 aromatic heterocycles. The summed E-state index contributed by atoms with van der Waals surface area (Å²) in [5.74, 6) is -1.44. The molecule has 1 atom stereocenters. The van der Waals surface area contributed by atoms with Crippen molar-refractivity contribution in [1.29, 1.82) is 0 Å². The fraction of sp³-hybridized carbons (Fsp3) is 0.850. The molecule has 0 heterocycles. The van der Waals surface area contributed by atoms with Crippen LogP contribution in [0, 0.1) is 0 Å². The van der Waals surface area contributed by atoms with E-state index in [1.807, 2.05) is 0 Å². The number of azide groups is 1. The number of hydrogen-bond acceptors (Lipinski definition) is 7. The van der Waals surface area contributed by atoms with Crippen molar-refractivity contribution in [3.05, 3.63) is 10.4 Å². The van der Waals surface area contributed by atoms with E-state index < -0.39 is 32.1 Å². The van der Waals surface area contributed by atoms with E-state index in [4.69, 9.17) is 19.8 Å². The molecule has 0 aliphatic rings. The number of ether oxygens (including phenoxy) is 1. The molecule has 0 aromatic rings. The van der Waals surface area contributed by atoms with Gasteiger partial charge in [-0.15, -0.1) is 10.5 Å². The van der Waals surface area contributed by atoms with Gasteiger partial charge in [0.05, 0.1) is 12.5 Å². The summed E-state index contributed by atoms with van der Waals surface area (Å²) in [5.41, 5.74) is 10.6. The Balaban J connectivity index is 5.28. The van der Waals surface area contributed by atoms with Gasteiger partial charge in [-0.2, -0.15) is 9.71 Å². The molecule has 0 radical (unpaired) electrons. The number of carboxylic acid groups (broad SMARTS) is 1. The van der Waals surface area contributed by atoms with Crippen molar-refractivity contribution >= 4 is 26.3 Å². The number of carbonyl (C=O) groups is 3. The van der Waals surface area contributed by atoms with Crippen LogP contribution in [0.1, 0.15) is 60.8 Å². The maximum absolute atomic E-state index is 12.5. The van der Waals surface area contributed by atoms with E-state index in [-0.39, 0.29) is 30.5 Å². The number of hydrogen-bond donors (Lipinski definition) is 2. The molecule has 0 aromatic carbocycles. The fourth-order valence-corrected chi connectivity index (χ4v) is 3.90. The van der Waals surface area contributed by atoms with Gasteiger partial charge >= 0.3 is 12.1 Å². The van der Waals surface area contributed by atoms with Crippen LogP contribution in [0.5, 0.6) is 0 Å². The molecule has 0 aliphatic carbocycles. The third-order valence-electron chi connectivity index (χ3n) is 5.02. The van der Waals surface area contributed by atoms with Crippen LogP contribution in [0.15, 0.2) is 5.22 Å². The lowest BCUT2D eigenvalue weighted by Gasteiger charge is -2.39. The number of amides is 2. The minimum atomic E-state index is -2.22. The average Bonchev–Trinajstić information content (AvgIpc) is 2.56. The van der Waals surface area contributed by atoms with E-state index in [0.717, 1.165) is 5.01 Å². The van der Waals surface area contributed by atoms with E-state index in [2.05, 4.69) is 49.4 Å². The van der Waals surface area contributed by atoms with E-state index >= 15 is 0 Å². The number of rotatable bonds is 12. The summed E-state index contributed by atoms with van der Waals surface area (Å²) in [7, 11) is -0.755. The van der Waals surface area contributed by atoms with E-state index in [1.54, 1.807) is 20.8 Å². The Morgan fingerprint density at radius 2 is 1.76 bits per heavy atom. The minimum absolute atomic E-state index is 0.0183. The SMILES string of the molecule is CN(CC(=O)O)NC(=O)C[C@@H](CCCN(N=[N+]=[N-])C(=O)OC(C)(C)C)O[Si](C)(C)C(C)(C)C. The van der Waals surface area contributed by atoms with Crippen LogP contribution in [-0.2, 0) is 18.8 Å². The van der Waals surface area contributed by atoms with Gasteiger partial charge in [-0.05, 0) is 57.0 Å². The van der Waals surface area contributed by atoms with E-state index in [9.17, 15) is 14.4 Å². The van der Waals surface area contributed by atoms with Gasteiger partial charge in [0.15, 0.2) is 8.32 Å². The summed E-state index contributed by atoms with van der Waals surface area (Å²) >= 11 is 0. The van der Waals surface area contributed by atoms with Crippen LogP contribution in [-0.4, -0.2) is 73.3 Å². The van der Waals surface area contributed by atoms with Crippen molar-refractivity contribution in [3.8, 4) is 0 Å². The summed E-state index contributed by atoms with van der Waals surface area (Å²) in [6, 6.07) is 0. The van der Waals surface area contributed by atoms with Crippen LogP contribution < -0.4 is 5.43 Å². The second-order valence-electron chi connectivity index (χ2n) is 10.4. The van der Waals surface area contributed by atoms with Gasteiger partial charge in [-0.1, -0.05) is 20.8 Å². The molecule has 13 heteroatoms. The molecule has 0 unspecified atom stereocenters. The number of carbonyl (C=O) groups excluding carboxylic acids is 2. The van der Waals surface area contributed by atoms with Crippen molar-refractivity contribution in [2.45, 2.75) is 90.6 Å². The standard InChI is InChI=1S/C20H40N6O6Si/c1-19(2,3)31-18(30)26(24-23-21)12-10-11-15(32-33(8,9)20(4,5)6)13-16(27)22-25(7)14-17(28)29/h15H,10-14H2,1-9H3,(H,22,27)(H,28,29)/t15-/m1/s1. The molecule has 0 aliphatic heterocycles. The molecule has 33 heavy (non-hydrogen) atoms. The quantitative estimate of drug-likeness (QED) is 0.138. The number of nitrogens with one attached hydrogen (secondary N) is 1. The molecule has 0 spiro atoms. The molecule has 2 N–H and O–H groups in total. The molecule has 12 nitrogen and oxygen atoms in total. The van der Waals surface area contributed by atoms with E-state index in [0.29, 0.717) is 12.8 Å². The highest BCUT2D eigenvalue weighted by Crippen LogP contribution is 2.38. The fourth-order valence-electron chi connectivity index (χ4n) is 2.51. The normalized spacial score (nSPS) is 13.2. The molecule has 2 amide bonds. The van der Waals surface area contributed by atoms with Crippen LogP contribution in [0.25, 0.3) is 10.4 Å². The average molecular weight is 489 g/mol. The van der Waals surface area contributed by atoms with Gasteiger partial charge in [0.1, 0.15) is 18.7 Å². The number of hydrazine groups is 1. The molecule has 0 bridgehead atoms. The third-order valence-corrected chi connectivity index (χ3v) is 9.55. The van der Waals surface area contributed by atoms with Gasteiger partial charge in [0, 0.05) is 7.05 Å². The summed E-state index contributed by atoms with van der Waals surface area (Å²) in [6.07, 6.45) is -0.380. The highest BCUT2D eigenvalue weighted by atomic mass is 28.4. The first-order valence-corrected chi connectivity index (χ1v) is 13.7. The number of likely N-dealkylation sites (N-methyl/N-ethyl adjacent to an activating group) is 1. The number of aliphatic carboxylic acids is 1. The first-order chi connectivity index (χ1) is 14.9. The maximum Gasteiger partial charge on any atom is 0.510 e. The first-order valence-electron chi connectivity index (χ1n) is 10.8. The van der Waals surface area contributed by atoms with Crippen molar-refractivity contribution in [2.24, 2.45) is 5.22 Å². The highest BCUT2D eigenvalue weighted by Gasteiger charge is 2.39. The largest absolute Gasteiger partial charge is 0.510 e. The number of carboxylic acids is 1. The van der Waals surface area contributed by atoms with Crippen molar-refractivity contribution in [2.75, 3.05) is 20.1 Å². The molecule has 190 valence electrons. The second-order valence-corrected chi connectivity index (χ2v) is 15.2. The van der Waals surface area contributed by atoms with Crippen molar-refractivity contribution < 1.29 is 28.7 Å². The van der Waals surface area contributed by atoms with Gasteiger partial charge < -0.3 is 14.3 Å². The zero-order valence-electron chi connectivity index (χ0n) is 21.3. The van der Waals surface area contributed by atoms with Crippen molar-refractivity contribution in [3.63, 3.8) is 0 Å². The summed E-state index contributed by atoms with van der Waals surface area (Å²) in [6.45, 7) is 15.3. The van der Waals surface area contributed by atoms with Crippen LogP contribution in [0.3, 0.4) is 0 Å². The molecule has 0 saturated carbocycles. The Labute approximate surface area is 197 Å². The van der Waals surface area contributed by atoms with Gasteiger partial charge in [-0.25, -0.2) is 5.01 Å². The predicted octanol–water partition coefficient (Wildman–Crippen LogP) is 4.06. The minimum Gasteiger partial charge on any atom is -0.480 e. The smallest absolute Gasteiger partial charge is 0.480 e. The lowest BCUT2D eigenvalue weighted by Crippen LogP contribution is -2.47. The maximum atomic E-state index is 12.5. The predicted molar refractivity (Wildman–Crippen MR) is 126 cm³/mol. The summed E-state index contributed by atoms with van der Waals surface area (Å²) in [5, 5.41) is 14.3. The lowest BCUT2D eigenvalue weighted by molar-refractivity contribution is -0.139. The zero-order chi connectivity index (χ0) is 26.0. The molecule has 0 saturated heterocycles. The van der Waals surface area contributed by atoms with Crippen LogP contribution in [0.4, 0.5) is 4.79 Å². The Hall–Kier alpha value is -2.34. The first kappa shape index (κ1) is 30.7. The van der Waals surface area contributed by atoms with Gasteiger partial charge in [0.25, 0.3) is 0 Å². The summed E-state index contributed by atoms with van der Waals surface area (Å²) in [4.78, 5) is 38.3. The zero-order valence-corrected chi connectivity index (χ0v) is 22.3. The Morgan fingerprint density at radius 3 is 2.21 bits per heavy atom. The monoisotopic (exact) mass is 488 g/mol. The highest BCUT2D eigenvalue weighted by molar-refractivity contribution is 6.74. The van der Waals surface area contributed by atoms with Crippen molar-refractivity contribution in [1.82, 2.24) is 15.4 Å². The van der Waals surface area contributed by atoms with Gasteiger partial charge in [-0.3, -0.25) is 15.0 Å². The second kappa shape index (κ2) is 12.8. The van der Waals surface area contributed by atoms with Gasteiger partial charge in [0.2, 0.25) is 5.91 Å². The third kappa shape index (κ3) is 13.1. The topological polar surface area (TPSA) is 157 Å². The summed E-state index contributed by atoms with van der Waals surface area (Å²) < 4.78 is 11.7. The lowest BCUT2D eigenvalue weighted by atomic mass is 10.1. The molecule has 0 rings (SSSR count). The van der Waals surface area contributed by atoms with Crippen LogP contribution in [0.2, 0.25) is 18.1 Å². The molecular weight excluding hydrogens is 448 g/mol. The molecular formula is C20H40N6O6Si. The Morgan fingerprint density at radius 1 is 1.18 bits per heavy atom.